The summed E-state index contributed by atoms with van der Waals surface area (Å²) in [5, 5.41) is 21.9. The summed E-state index contributed by atoms with van der Waals surface area (Å²) in [6.45, 7) is 1.27. The van der Waals surface area contributed by atoms with E-state index in [4.69, 9.17) is 14.2 Å². The average Bonchev–Trinajstić information content (AvgIpc) is 2.71. The van der Waals surface area contributed by atoms with Gasteiger partial charge in [-0.05, 0) is 41.5 Å². The molecule has 3 N–H and O–H groups in total. The third-order valence-electron chi connectivity index (χ3n) is 3.90. The number of phenolic OH excluding ortho intramolecular Hbond substituents is 1. The van der Waals surface area contributed by atoms with E-state index in [1.165, 1.54) is 45.4 Å². The van der Waals surface area contributed by atoms with E-state index < -0.39 is 18.0 Å². The molecule has 29 heavy (non-hydrogen) atoms. The second-order valence-electron chi connectivity index (χ2n) is 6.03. The van der Waals surface area contributed by atoms with Gasteiger partial charge in [-0.2, -0.15) is 0 Å². The standard InChI is InChI=1S/C21H23NO7/c1-13(23)29-21-18(27-2)10-14(11-19(21)28-3)4-9-20(26)22-12-17(25)15-5-7-16(24)8-6-15/h4-11,17,24-25H,12H2,1-3H3,(H,22,26)/b9-4+. The monoisotopic (exact) mass is 401 g/mol. The van der Waals surface area contributed by atoms with E-state index in [0.717, 1.165) is 0 Å². The van der Waals surface area contributed by atoms with Crippen molar-refractivity contribution in [3.63, 3.8) is 0 Å². The van der Waals surface area contributed by atoms with Gasteiger partial charge in [0.25, 0.3) is 0 Å². The molecule has 0 radical (unpaired) electrons. The van der Waals surface area contributed by atoms with Gasteiger partial charge in [-0.25, -0.2) is 0 Å². The highest BCUT2D eigenvalue weighted by Gasteiger charge is 2.15. The van der Waals surface area contributed by atoms with Gasteiger partial charge >= 0.3 is 5.97 Å². The Labute approximate surface area is 168 Å². The van der Waals surface area contributed by atoms with Crippen LogP contribution in [0.4, 0.5) is 0 Å². The van der Waals surface area contributed by atoms with Crippen LogP contribution in [0.2, 0.25) is 0 Å². The van der Waals surface area contributed by atoms with Crippen molar-refractivity contribution in [1.82, 2.24) is 5.32 Å². The van der Waals surface area contributed by atoms with E-state index in [1.807, 2.05) is 0 Å². The molecule has 8 heteroatoms. The van der Waals surface area contributed by atoms with Gasteiger partial charge in [0.05, 0.1) is 20.3 Å². The van der Waals surface area contributed by atoms with Crippen molar-refractivity contribution in [2.45, 2.75) is 13.0 Å². The Morgan fingerprint density at radius 1 is 1.10 bits per heavy atom. The van der Waals surface area contributed by atoms with Gasteiger partial charge in [0.15, 0.2) is 11.5 Å². The van der Waals surface area contributed by atoms with Crippen molar-refractivity contribution in [2.24, 2.45) is 0 Å². The summed E-state index contributed by atoms with van der Waals surface area (Å²) in [5.41, 5.74) is 1.16. The zero-order valence-electron chi connectivity index (χ0n) is 16.3. The minimum Gasteiger partial charge on any atom is -0.508 e. The number of aromatic hydroxyl groups is 1. The van der Waals surface area contributed by atoms with Crippen LogP contribution in [0.1, 0.15) is 24.2 Å². The largest absolute Gasteiger partial charge is 0.508 e. The van der Waals surface area contributed by atoms with Crippen molar-refractivity contribution < 1.29 is 34.0 Å². The minimum absolute atomic E-state index is 0.00593. The third-order valence-corrected chi connectivity index (χ3v) is 3.90. The Hall–Kier alpha value is -3.52. The fourth-order valence-corrected chi connectivity index (χ4v) is 2.48. The number of rotatable bonds is 8. The molecule has 0 aliphatic heterocycles. The summed E-state index contributed by atoms with van der Waals surface area (Å²) in [7, 11) is 2.85. The maximum absolute atomic E-state index is 12.0. The Bertz CT molecular complexity index is 865. The van der Waals surface area contributed by atoms with Crippen LogP contribution in [0.3, 0.4) is 0 Å². The number of methoxy groups -OCH3 is 2. The molecule has 2 aromatic carbocycles. The maximum Gasteiger partial charge on any atom is 0.308 e. The molecule has 0 heterocycles. The van der Waals surface area contributed by atoms with Crippen LogP contribution < -0.4 is 19.5 Å². The zero-order chi connectivity index (χ0) is 21.4. The number of phenols is 1. The van der Waals surface area contributed by atoms with Crippen molar-refractivity contribution in [2.75, 3.05) is 20.8 Å². The number of hydrogen-bond donors (Lipinski definition) is 3. The fraction of sp³-hybridized carbons (Fsp3) is 0.238. The number of nitrogens with one attached hydrogen (secondary N) is 1. The summed E-state index contributed by atoms with van der Waals surface area (Å²) < 4.78 is 15.6. The number of ether oxygens (including phenoxy) is 3. The number of carbonyl (C=O) groups excluding carboxylic acids is 2. The van der Waals surface area contributed by atoms with E-state index in [2.05, 4.69) is 5.32 Å². The van der Waals surface area contributed by atoms with E-state index in [9.17, 15) is 19.8 Å². The zero-order valence-corrected chi connectivity index (χ0v) is 16.3. The molecule has 0 aromatic heterocycles. The highest BCUT2D eigenvalue weighted by Crippen LogP contribution is 2.39. The van der Waals surface area contributed by atoms with Crippen LogP contribution >= 0.6 is 0 Å². The topological polar surface area (TPSA) is 114 Å². The molecule has 0 saturated carbocycles. The van der Waals surface area contributed by atoms with Crippen molar-refractivity contribution in [3.05, 3.63) is 53.6 Å². The Kier molecular flexibility index (Phi) is 7.62. The molecule has 8 nitrogen and oxygen atoms in total. The molecule has 1 unspecified atom stereocenters. The van der Waals surface area contributed by atoms with E-state index >= 15 is 0 Å². The lowest BCUT2D eigenvalue weighted by Gasteiger charge is -2.13. The number of aliphatic hydroxyl groups is 1. The molecule has 0 spiro atoms. The molecule has 154 valence electrons. The molecule has 0 bridgehead atoms. The normalized spacial score (nSPS) is 11.7. The van der Waals surface area contributed by atoms with Gasteiger partial charge in [0.2, 0.25) is 11.7 Å². The SMILES string of the molecule is COc1cc(/C=C/C(=O)NCC(O)c2ccc(O)cc2)cc(OC)c1OC(C)=O. The van der Waals surface area contributed by atoms with Gasteiger partial charge in [0, 0.05) is 19.5 Å². The first-order valence-corrected chi connectivity index (χ1v) is 8.71. The Morgan fingerprint density at radius 2 is 1.69 bits per heavy atom. The summed E-state index contributed by atoms with van der Waals surface area (Å²) in [6.07, 6.45) is 1.92. The van der Waals surface area contributed by atoms with Crippen LogP contribution in [0, 0.1) is 0 Å². The van der Waals surface area contributed by atoms with Crippen molar-refractivity contribution in [1.29, 1.82) is 0 Å². The van der Waals surface area contributed by atoms with Crippen LogP contribution in [0.25, 0.3) is 6.08 Å². The van der Waals surface area contributed by atoms with Gasteiger partial charge in [-0.3, -0.25) is 9.59 Å². The van der Waals surface area contributed by atoms with E-state index in [0.29, 0.717) is 11.1 Å². The molecule has 0 aliphatic carbocycles. The predicted molar refractivity (Wildman–Crippen MR) is 106 cm³/mol. The molecule has 2 rings (SSSR count). The molecule has 0 aliphatic rings. The molecule has 0 saturated heterocycles. The maximum atomic E-state index is 12.0. The summed E-state index contributed by atoms with van der Waals surface area (Å²) in [5.74, 6) is -0.120. The minimum atomic E-state index is -0.906. The first-order chi connectivity index (χ1) is 13.8. The number of esters is 1. The van der Waals surface area contributed by atoms with Crippen molar-refractivity contribution >= 4 is 18.0 Å². The Balaban J connectivity index is 2.05. The van der Waals surface area contributed by atoms with Gasteiger partial charge in [-0.1, -0.05) is 12.1 Å². The van der Waals surface area contributed by atoms with E-state index in [-0.39, 0.29) is 29.5 Å². The van der Waals surface area contributed by atoms with Crippen molar-refractivity contribution in [3.8, 4) is 23.0 Å². The summed E-state index contributed by atoms with van der Waals surface area (Å²) in [6, 6.07) is 9.25. The molecule has 1 atom stereocenters. The second kappa shape index (κ2) is 10.1. The number of aliphatic hydroxyl groups excluding tert-OH is 1. The van der Waals surface area contributed by atoms with Gasteiger partial charge in [0.1, 0.15) is 5.75 Å². The van der Waals surface area contributed by atoms with Gasteiger partial charge in [-0.15, -0.1) is 0 Å². The predicted octanol–water partition coefficient (Wildman–Crippen LogP) is 2.20. The quantitative estimate of drug-likeness (QED) is 0.353. The Morgan fingerprint density at radius 3 is 2.21 bits per heavy atom. The number of carbonyl (C=O) groups is 2. The smallest absolute Gasteiger partial charge is 0.308 e. The molecular weight excluding hydrogens is 378 g/mol. The average molecular weight is 401 g/mol. The molecule has 2 aromatic rings. The van der Waals surface area contributed by atoms with Crippen LogP contribution in [0.15, 0.2) is 42.5 Å². The molecule has 1 amide bonds. The second-order valence-corrected chi connectivity index (χ2v) is 6.03. The first-order valence-electron chi connectivity index (χ1n) is 8.71. The highest BCUT2D eigenvalue weighted by atomic mass is 16.6. The first kappa shape index (κ1) is 21.8. The lowest BCUT2D eigenvalue weighted by Crippen LogP contribution is -2.26. The number of benzene rings is 2. The third kappa shape index (κ3) is 6.25. The van der Waals surface area contributed by atoms with Crippen LogP contribution in [-0.2, 0) is 9.59 Å². The molecular formula is C21H23NO7. The number of hydrogen-bond acceptors (Lipinski definition) is 7. The highest BCUT2D eigenvalue weighted by molar-refractivity contribution is 5.92. The van der Waals surface area contributed by atoms with Crippen LogP contribution in [-0.4, -0.2) is 42.9 Å². The lowest BCUT2D eigenvalue weighted by atomic mass is 10.1. The van der Waals surface area contributed by atoms with Gasteiger partial charge < -0.3 is 29.7 Å². The van der Waals surface area contributed by atoms with Crippen LogP contribution in [0.5, 0.6) is 23.0 Å². The summed E-state index contributed by atoms with van der Waals surface area (Å²) >= 11 is 0. The summed E-state index contributed by atoms with van der Waals surface area (Å²) in [4.78, 5) is 23.3. The number of amides is 1. The fourth-order valence-electron chi connectivity index (χ4n) is 2.48. The molecule has 0 fully saturated rings. The lowest BCUT2D eigenvalue weighted by molar-refractivity contribution is -0.132. The van der Waals surface area contributed by atoms with E-state index in [1.54, 1.807) is 24.3 Å².